The number of nitrogens with zero attached hydrogens (tertiary/aromatic N) is 3. The molecule has 2 aliphatic rings. The topological polar surface area (TPSA) is 75.8 Å². The van der Waals surface area contributed by atoms with Gasteiger partial charge in [-0.25, -0.2) is 4.98 Å². The molecule has 0 spiro atoms. The molecule has 0 saturated carbocycles. The molecule has 6 heteroatoms. The van der Waals surface area contributed by atoms with Crippen LogP contribution in [0.25, 0.3) is 0 Å². The molecule has 1 fully saturated rings. The normalized spacial score (nSPS) is 24.3. The Bertz CT molecular complexity index is 633. The van der Waals surface area contributed by atoms with Crippen LogP contribution in [0.2, 0.25) is 0 Å². The molecule has 0 bridgehead atoms. The van der Waals surface area contributed by atoms with Gasteiger partial charge in [-0.3, -0.25) is 14.6 Å². The first-order valence-electron chi connectivity index (χ1n) is 7.91. The van der Waals surface area contributed by atoms with Crippen LogP contribution in [0, 0.1) is 0 Å². The maximum Gasteiger partial charge on any atom is 0.244 e. The highest BCUT2D eigenvalue weighted by Crippen LogP contribution is 2.22. The average Bonchev–Trinajstić information content (AvgIpc) is 3.11. The molecular formula is C16H21N3O3. The van der Waals surface area contributed by atoms with Gasteiger partial charge in [0.05, 0.1) is 12.1 Å². The van der Waals surface area contributed by atoms with Gasteiger partial charge in [-0.05, 0) is 32.9 Å². The molecule has 0 N–H and O–H groups in total. The van der Waals surface area contributed by atoms with Crippen LogP contribution in [-0.2, 0) is 6.42 Å². The Morgan fingerprint density at radius 3 is 2.91 bits per heavy atom. The molecule has 2 heterocycles. The van der Waals surface area contributed by atoms with E-state index in [2.05, 4.69) is 21.9 Å². The van der Waals surface area contributed by atoms with Crippen molar-refractivity contribution in [1.29, 1.82) is 0 Å². The first kappa shape index (κ1) is 15.1. The van der Waals surface area contributed by atoms with Crippen LogP contribution in [0.3, 0.4) is 0 Å². The van der Waals surface area contributed by atoms with Crippen molar-refractivity contribution in [3.8, 4) is 0 Å². The second-order valence-electron chi connectivity index (χ2n) is 5.96. The van der Waals surface area contributed by atoms with Crippen molar-refractivity contribution in [1.82, 2.24) is 9.88 Å². The Morgan fingerprint density at radius 1 is 1.41 bits per heavy atom. The van der Waals surface area contributed by atoms with Crippen molar-refractivity contribution in [2.75, 3.05) is 20.1 Å². The molecule has 22 heavy (non-hydrogen) atoms. The third-order valence-electron chi connectivity index (χ3n) is 4.47. The average molecular weight is 303 g/mol. The molecule has 1 aliphatic heterocycles. The minimum atomic E-state index is -0.276. The predicted molar refractivity (Wildman–Crippen MR) is 81.7 cm³/mol. The lowest BCUT2D eigenvalue weighted by molar-refractivity contribution is 0.0949. The minimum absolute atomic E-state index is 0.0437. The van der Waals surface area contributed by atoms with E-state index in [0.717, 1.165) is 13.0 Å². The first-order valence-corrected chi connectivity index (χ1v) is 7.91. The Kier molecular flexibility index (Phi) is 4.20. The van der Waals surface area contributed by atoms with E-state index in [4.69, 9.17) is 4.42 Å². The second-order valence-corrected chi connectivity index (χ2v) is 5.96. The van der Waals surface area contributed by atoms with Crippen molar-refractivity contribution in [3.63, 3.8) is 0 Å². The summed E-state index contributed by atoms with van der Waals surface area (Å²) < 4.78 is 5.39. The van der Waals surface area contributed by atoms with Crippen LogP contribution in [0.1, 0.15) is 59.5 Å². The maximum absolute atomic E-state index is 12.4. The van der Waals surface area contributed by atoms with Crippen LogP contribution in [0.15, 0.2) is 9.41 Å². The summed E-state index contributed by atoms with van der Waals surface area (Å²) in [5.41, 5.74) is 0.494. The minimum Gasteiger partial charge on any atom is -0.436 e. The van der Waals surface area contributed by atoms with Crippen molar-refractivity contribution >= 4 is 17.3 Å². The van der Waals surface area contributed by atoms with Gasteiger partial charge < -0.3 is 9.32 Å². The molecule has 118 valence electrons. The Labute approximate surface area is 129 Å². The maximum atomic E-state index is 12.4. The third kappa shape index (κ3) is 2.75. The summed E-state index contributed by atoms with van der Waals surface area (Å²) in [6, 6.07) is 0.534. The summed E-state index contributed by atoms with van der Waals surface area (Å²) in [5, 5.41) is 0. The molecule has 1 aliphatic carbocycles. The van der Waals surface area contributed by atoms with Gasteiger partial charge in [-0.1, -0.05) is 6.92 Å². The number of aromatic nitrogens is 1. The molecular weight excluding hydrogens is 282 g/mol. The number of carbonyl (C=O) groups is 2. The van der Waals surface area contributed by atoms with Crippen LogP contribution in [0.5, 0.6) is 0 Å². The molecule has 0 radical (unpaired) electrons. The number of Topliss-reactive ketones (excluding diaryl/α,β-unsaturated/α-hetero) is 2. The van der Waals surface area contributed by atoms with Gasteiger partial charge in [-0.15, -0.1) is 0 Å². The lowest BCUT2D eigenvalue weighted by Crippen LogP contribution is -2.28. The number of likely N-dealkylation sites (tertiary alicyclic amines) is 1. The van der Waals surface area contributed by atoms with E-state index in [0.29, 0.717) is 30.6 Å². The van der Waals surface area contributed by atoms with Crippen molar-refractivity contribution in [3.05, 3.63) is 17.3 Å². The second kappa shape index (κ2) is 6.12. The largest absolute Gasteiger partial charge is 0.436 e. The summed E-state index contributed by atoms with van der Waals surface area (Å²) >= 11 is 0. The van der Waals surface area contributed by atoms with E-state index in [-0.39, 0.29) is 29.4 Å². The third-order valence-corrected chi connectivity index (χ3v) is 4.47. The summed E-state index contributed by atoms with van der Waals surface area (Å²) in [4.78, 5) is 35.2. The van der Waals surface area contributed by atoms with Gasteiger partial charge in [0.25, 0.3) is 0 Å². The highest BCUT2D eigenvalue weighted by atomic mass is 16.4. The molecule has 0 aromatic carbocycles. The van der Waals surface area contributed by atoms with Crippen molar-refractivity contribution in [2.24, 2.45) is 4.99 Å². The zero-order valence-corrected chi connectivity index (χ0v) is 13.1. The monoisotopic (exact) mass is 303 g/mol. The van der Waals surface area contributed by atoms with Gasteiger partial charge in [0, 0.05) is 19.0 Å². The number of hydrogen-bond acceptors (Lipinski definition) is 6. The van der Waals surface area contributed by atoms with E-state index in [9.17, 15) is 9.59 Å². The number of fused-ring (bicyclic) bond motifs is 1. The highest BCUT2D eigenvalue weighted by molar-refractivity contribution is 6.51. The van der Waals surface area contributed by atoms with Gasteiger partial charge in [-0.2, -0.15) is 0 Å². The molecule has 1 aromatic rings. The molecule has 1 atom stereocenters. The van der Waals surface area contributed by atoms with E-state index in [1.165, 1.54) is 12.8 Å². The van der Waals surface area contributed by atoms with Crippen LogP contribution in [0.4, 0.5) is 0 Å². The molecule has 1 saturated heterocycles. The number of rotatable bonds is 4. The number of aryl methyl sites for hydroxylation is 1. The lowest BCUT2D eigenvalue weighted by Gasteiger charge is -2.18. The summed E-state index contributed by atoms with van der Waals surface area (Å²) in [7, 11) is 2.12. The molecule has 1 unspecified atom stereocenters. The summed E-state index contributed by atoms with van der Waals surface area (Å²) in [6.45, 7) is 3.58. The highest BCUT2D eigenvalue weighted by Gasteiger charge is 2.34. The zero-order valence-electron chi connectivity index (χ0n) is 13.1. The van der Waals surface area contributed by atoms with E-state index in [1.807, 2.05) is 6.92 Å². The predicted octanol–water partition coefficient (Wildman–Crippen LogP) is 1.93. The number of oxazole rings is 1. The van der Waals surface area contributed by atoms with Gasteiger partial charge in [0.1, 0.15) is 0 Å². The number of aliphatic imine (C=N–C) groups is 1. The zero-order chi connectivity index (χ0) is 15.7. The number of carbonyl (C=O) groups excluding carboxylic acids is 2. The van der Waals surface area contributed by atoms with Gasteiger partial charge in [0.2, 0.25) is 11.5 Å². The fourth-order valence-electron chi connectivity index (χ4n) is 3.13. The van der Waals surface area contributed by atoms with E-state index < -0.39 is 0 Å². The molecule has 3 rings (SSSR count). The molecule has 1 aromatic heterocycles. The summed E-state index contributed by atoms with van der Waals surface area (Å²) in [6.07, 6.45) is 3.93. The van der Waals surface area contributed by atoms with Crippen molar-refractivity contribution < 1.29 is 14.0 Å². The smallest absolute Gasteiger partial charge is 0.244 e. The Balaban J connectivity index is 1.71. The standard InChI is InChI=1S/C16H21N3O3/c1-3-13-18-14-12(20)9-11(15(21)16(14)22-13)17-7-6-10-5-4-8-19(10)2/h10H,3-9H2,1-2H3. The molecule has 6 nitrogen and oxygen atoms in total. The quantitative estimate of drug-likeness (QED) is 0.849. The SMILES string of the molecule is CCc1nc2c(o1)C(=O)C(=NCCC1CCCN1C)CC2=O. The van der Waals surface area contributed by atoms with Crippen LogP contribution < -0.4 is 0 Å². The fraction of sp³-hybridized carbons (Fsp3) is 0.625. The number of ketones is 2. The van der Waals surface area contributed by atoms with E-state index >= 15 is 0 Å². The Morgan fingerprint density at radius 2 is 2.23 bits per heavy atom. The fourth-order valence-corrected chi connectivity index (χ4v) is 3.13. The molecule has 0 amide bonds. The van der Waals surface area contributed by atoms with Gasteiger partial charge in [0.15, 0.2) is 17.4 Å². The van der Waals surface area contributed by atoms with Gasteiger partial charge >= 0.3 is 0 Å². The summed E-state index contributed by atoms with van der Waals surface area (Å²) in [5.74, 6) is 0.0572. The van der Waals surface area contributed by atoms with Crippen LogP contribution >= 0.6 is 0 Å². The van der Waals surface area contributed by atoms with Crippen LogP contribution in [-0.4, -0.2) is 53.3 Å². The lowest BCUT2D eigenvalue weighted by atomic mass is 9.97. The van der Waals surface area contributed by atoms with Crippen molar-refractivity contribution in [2.45, 2.75) is 45.1 Å². The Hall–Kier alpha value is -1.82. The number of hydrogen-bond donors (Lipinski definition) is 0. The first-order chi connectivity index (χ1) is 10.6. The van der Waals surface area contributed by atoms with E-state index in [1.54, 1.807) is 0 Å².